The molecule has 26 heteroatoms. The molecule has 1 aliphatic rings. The Kier molecular flexibility index (Phi) is 18.5. The first-order chi connectivity index (χ1) is 21.5. The normalized spacial score (nSPS) is 25.9. The van der Waals surface area contributed by atoms with E-state index in [4.69, 9.17) is 18.5 Å². The molecule has 1 saturated carbocycles. The topological polar surface area (TPSA) is 349 Å². The Morgan fingerprint density at radius 2 is 1.02 bits per heavy atom. The monoisotopic (exact) mass is 770 g/mol. The van der Waals surface area contributed by atoms with Gasteiger partial charge in [0, 0.05) is 12.8 Å². The Hall–Kier alpha value is -0.700. The summed E-state index contributed by atoms with van der Waals surface area (Å²) in [5, 5.41) is 21.4. The summed E-state index contributed by atoms with van der Waals surface area (Å²) in [7, 11) is -22.9. The van der Waals surface area contributed by atoms with Crippen molar-refractivity contribution in [1.29, 1.82) is 0 Å². The van der Waals surface area contributed by atoms with Gasteiger partial charge in [0.05, 0.1) is 6.61 Å². The number of carbonyl (C=O) groups is 2. The summed E-state index contributed by atoms with van der Waals surface area (Å²) >= 11 is 0. The zero-order chi connectivity index (χ0) is 36.2. The van der Waals surface area contributed by atoms with Crippen LogP contribution < -0.4 is 0 Å². The highest BCUT2D eigenvalue weighted by atomic mass is 31.2. The summed E-state index contributed by atoms with van der Waals surface area (Å²) < 4.78 is 80.0. The Labute approximate surface area is 268 Å². The van der Waals surface area contributed by atoms with Crippen LogP contribution in [0.2, 0.25) is 0 Å². The molecule has 0 spiro atoms. The maximum atomic E-state index is 12.9. The molecule has 0 saturated heterocycles. The Bertz CT molecular complexity index is 1140. The molecule has 1 fully saturated rings. The van der Waals surface area contributed by atoms with Crippen LogP contribution >= 0.6 is 31.3 Å². The van der Waals surface area contributed by atoms with Crippen molar-refractivity contribution in [2.24, 2.45) is 0 Å². The quantitative estimate of drug-likeness (QED) is 0.0405. The highest BCUT2D eigenvalue weighted by Crippen LogP contribution is 2.53. The van der Waals surface area contributed by atoms with Crippen LogP contribution in [0.15, 0.2) is 0 Å². The average Bonchev–Trinajstić information content (AvgIpc) is 2.91. The van der Waals surface area contributed by atoms with Crippen molar-refractivity contribution in [3.05, 3.63) is 0 Å². The highest BCUT2D eigenvalue weighted by molar-refractivity contribution is 7.47. The van der Waals surface area contributed by atoms with E-state index in [1.165, 1.54) is 0 Å². The first-order valence-electron chi connectivity index (χ1n) is 14.1. The third kappa shape index (κ3) is 18.2. The number of phosphoric ester groups is 4. The number of ether oxygens (including phenoxy) is 2. The van der Waals surface area contributed by atoms with Gasteiger partial charge in [0.25, 0.3) is 0 Å². The van der Waals surface area contributed by atoms with E-state index in [1.807, 2.05) is 13.8 Å². The Morgan fingerprint density at radius 3 is 1.45 bits per heavy atom. The number of phosphoric acid groups is 4. The minimum Gasteiger partial charge on any atom is -0.462 e. The van der Waals surface area contributed by atoms with Crippen LogP contribution in [-0.4, -0.2) is 112 Å². The number of carbonyl (C=O) groups excluding carboxylic acids is 2. The van der Waals surface area contributed by atoms with Crippen LogP contribution in [-0.2, 0) is 59.9 Å². The summed E-state index contributed by atoms with van der Waals surface area (Å²) in [6, 6.07) is 0. The van der Waals surface area contributed by atoms with E-state index in [0.717, 1.165) is 19.3 Å². The lowest BCUT2D eigenvalue weighted by molar-refractivity contribution is -0.209. The molecule has 0 aromatic rings. The Morgan fingerprint density at radius 1 is 0.596 bits per heavy atom. The van der Waals surface area contributed by atoms with Crippen molar-refractivity contribution in [2.75, 3.05) is 13.2 Å². The maximum Gasteiger partial charge on any atom is 0.472 e. The van der Waals surface area contributed by atoms with E-state index >= 15 is 0 Å². The Balaban J connectivity index is 3.25. The van der Waals surface area contributed by atoms with Gasteiger partial charge < -0.3 is 53.9 Å². The molecule has 8 atom stereocenters. The second-order valence-electron chi connectivity index (χ2n) is 10.2. The number of unbranched alkanes of at least 4 members (excludes halogenated alkanes) is 4. The van der Waals surface area contributed by atoms with E-state index in [9.17, 15) is 72.3 Å². The molecule has 1 rings (SSSR count). The highest BCUT2D eigenvalue weighted by Gasteiger charge is 2.58. The van der Waals surface area contributed by atoms with E-state index in [1.54, 1.807) is 0 Å². The molecule has 0 radical (unpaired) electrons. The second kappa shape index (κ2) is 19.6. The summed E-state index contributed by atoms with van der Waals surface area (Å²) in [6.45, 7) is 2.13. The van der Waals surface area contributed by atoms with Crippen molar-refractivity contribution < 1.29 is 104 Å². The van der Waals surface area contributed by atoms with Crippen molar-refractivity contribution in [3.63, 3.8) is 0 Å². The standard InChI is InChI=1S/C21H42O22P4/c1-3-5-7-9-14(22)37-11-13(39-15(23)10-8-6-4-2)12-38-47(35,36)43-18-16(24)19(40-44(26,27)28)21(42-46(32,33)34)20(17(18)25)41-45(29,30)31/h13,16-21,24-25H,3-12H2,1-2H3,(H,35,36)(H2,26,27,28)(H2,29,30,31)(H2,32,33,34)/t13-,16+,17+,18?,19-,20+,21?/m1/s1. The summed E-state index contributed by atoms with van der Waals surface area (Å²) in [5.41, 5.74) is 0. The summed E-state index contributed by atoms with van der Waals surface area (Å²) in [5.74, 6) is -1.46. The minimum atomic E-state index is -5.76. The number of esters is 2. The smallest absolute Gasteiger partial charge is 0.462 e. The first-order valence-corrected chi connectivity index (χ1v) is 20.2. The van der Waals surface area contributed by atoms with Gasteiger partial charge in [-0.05, 0) is 12.8 Å². The maximum absolute atomic E-state index is 12.9. The lowest BCUT2D eigenvalue weighted by Gasteiger charge is -2.45. The van der Waals surface area contributed by atoms with Gasteiger partial charge in [-0.1, -0.05) is 39.5 Å². The van der Waals surface area contributed by atoms with Crippen LogP contribution in [0.3, 0.4) is 0 Å². The van der Waals surface area contributed by atoms with E-state index < -0.39 is 99.2 Å². The van der Waals surface area contributed by atoms with Crippen LogP contribution in [0.25, 0.3) is 0 Å². The molecule has 0 aliphatic heterocycles. The van der Waals surface area contributed by atoms with E-state index in [0.29, 0.717) is 19.3 Å². The minimum absolute atomic E-state index is 0.0212. The van der Waals surface area contributed by atoms with E-state index in [2.05, 4.69) is 13.6 Å². The fraction of sp³-hybridized carbons (Fsp3) is 0.905. The second-order valence-corrected chi connectivity index (χ2v) is 15.2. The molecule has 0 aromatic carbocycles. The van der Waals surface area contributed by atoms with Gasteiger partial charge in [0.2, 0.25) is 0 Å². The molecular formula is C21H42O22P4. The van der Waals surface area contributed by atoms with Crippen LogP contribution in [0.4, 0.5) is 0 Å². The summed E-state index contributed by atoms with van der Waals surface area (Å²) in [4.78, 5) is 90.2. The summed E-state index contributed by atoms with van der Waals surface area (Å²) in [6.07, 6.45) is -14.0. The molecule has 0 bridgehead atoms. The number of rotatable bonds is 22. The first kappa shape index (κ1) is 44.3. The molecule has 0 amide bonds. The molecule has 1 aliphatic carbocycles. The lowest BCUT2D eigenvalue weighted by atomic mass is 9.85. The lowest BCUT2D eigenvalue weighted by Crippen LogP contribution is -2.65. The van der Waals surface area contributed by atoms with Gasteiger partial charge in [-0.2, -0.15) is 0 Å². The fourth-order valence-electron chi connectivity index (χ4n) is 4.14. The van der Waals surface area contributed by atoms with Gasteiger partial charge in [0.1, 0.15) is 43.2 Å². The van der Waals surface area contributed by atoms with Crippen LogP contribution in [0.1, 0.15) is 65.2 Å². The third-order valence-corrected chi connectivity index (χ3v) is 8.69. The zero-order valence-corrected chi connectivity index (χ0v) is 28.8. The van der Waals surface area contributed by atoms with Gasteiger partial charge in [0.15, 0.2) is 6.10 Å². The van der Waals surface area contributed by atoms with Gasteiger partial charge in [-0.3, -0.25) is 32.2 Å². The average molecular weight is 770 g/mol. The van der Waals surface area contributed by atoms with Gasteiger partial charge >= 0.3 is 43.2 Å². The predicted octanol–water partition coefficient (Wildman–Crippen LogP) is 0.273. The van der Waals surface area contributed by atoms with Crippen LogP contribution in [0, 0.1) is 0 Å². The number of hydrogen-bond acceptors (Lipinski definition) is 15. The van der Waals surface area contributed by atoms with Crippen molar-refractivity contribution in [1.82, 2.24) is 0 Å². The van der Waals surface area contributed by atoms with Gasteiger partial charge in [-0.15, -0.1) is 0 Å². The molecular weight excluding hydrogens is 728 g/mol. The number of aliphatic hydroxyl groups excluding tert-OH is 2. The van der Waals surface area contributed by atoms with Crippen LogP contribution in [0.5, 0.6) is 0 Å². The molecule has 0 aromatic heterocycles. The largest absolute Gasteiger partial charge is 0.472 e. The van der Waals surface area contributed by atoms with Gasteiger partial charge in [-0.25, -0.2) is 18.3 Å². The molecule has 22 nitrogen and oxygen atoms in total. The molecule has 278 valence electrons. The SMILES string of the molecule is CCCCCC(=O)OC[C@H](COP(=O)(O)OC1[C@H](O)[C@H](OP(=O)(O)O)C(OP(=O)(O)O)[C@H](OP(=O)(O)O)[C@H]1O)OC(=O)CCCCC. The predicted molar refractivity (Wildman–Crippen MR) is 153 cm³/mol. The third-order valence-electron chi connectivity index (χ3n) is 6.15. The van der Waals surface area contributed by atoms with Crippen molar-refractivity contribution >= 4 is 43.2 Å². The van der Waals surface area contributed by atoms with E-state index in [-0.39, 0.29) is 12.8 Å². The molecule has 47 heavy (non-hydrogen) atoms. The number of aliphatic hydroxyl groups is 2. The molecule has 9 N–H and O–H groups in total. The number of hydrogen-bond donors (Lipinski definition) is 9. The zero-order valence-electron chi connectivity index (χ0n) is 25.2. The fourth-order valence-corrected chi connectivity index (χ4v) is 6.79. The molecule has 0 heterocycles. The molecule has 3 unspecified atom stereocenters. The van der Waals surface area contributed by atoms with Crippen molar-refractivity contribution in [3.8, 4) is 0 Å². The van der Waals surface area contributed by atoms with Crippen molar-refractivity contribution in [2.45, 2.75) is 108 Å².